The molecule has 0 aromatic heterocycles. The van der Waals surface area contributed by atoms with Crippen LogP contribution >= 0.6 is 0 Å². The maximum Gasteiger partial charge on any atom is 0.119 e. The Morgan fingerprint density at radius 1 is 0.938 bits per heavy atom. The molecule has 4 atom stereocenters. The third kappa shape index (κ3) is 2.70. The minimum atomic E-state index is -0.148. The number of rotatable bonds is 4. The first-order valence-electron chi connectivity index (χ1n) is 11.9. The predicted molar refractivity (Wildman–Crippen MR) is 125 cm³/mol. The summed E-state index contributed by atoms with van der Waals surface area (Å²) in [5.41, 5.74) is 2.73. The van der Waals surface area contributed by atoms with Gasteiger partial charge in [0.1, 0.15) is 11.5 Å². The van der Waals surface area contributed by atoms with Gasteiger partial charge in [0.05, 0.1) is 32.0 Å². The summed E-state index contributed by atoms with van der Waals surface area (Å²) in [6, 6.07) is 17.0. The molecule has 2 heterocycles. The zero-order chi connectivity index (χ0) is 22.1. The smallest absolute Gasteiger partial charge is 0.119 e. The molecule has 0 unspecified atom stereocenters. The summed E-state index contributed by atoms with van der Waals surface area (Å²) in [6.07, 6.45) is 4.85. The van der Waals surface area contributed by atoms with E-state index in [4.69, 9.17) is 14.3 Å². The van der Waals surface area contributed by atoms with Crippen molar-refractivity contribution in [3.63, 3.8) is 0 Å². The summed E-state index contributed by atoms with van der Waals surface area (Å²) in [6.45, 7) is 6.62. The summed E-state index contributed by atoms with van der Waals surface area (Å²) < 4.78 is 10.8. The molecule has 32 heavy (non-hydrogen) atoms. The van der Waals surface area contributed by atoms with Gasteiger partial charge in [-0.2, -0.15) is 5.06 Å². The van der Waals surface area contributed by atoms with E-state index in [-0.39, 0.29) is 11.1 Å². The number of anilines is 1. The lowest BCUT2D eigenvalue weighted by Crippen LogP contribution is -2.62. The summed E-state index contributed by atoms with van der Waals surface area (Å²) in [7, 11) is 3.44. The molecule has 2 aromatic rings. The van der Waals surface area contributed by atoms with Gasteiger partial charge < -0.3 is 14.4 Å². The second kappa shape index (κ2) is 6.88. The van der Waals surface area contributed by atoms with Crippen molar-refractivity contribution >= 4 is 5.69 Å². The van der Waals surface area contributed by atoms with Crippen molar-refractivity contribution in [1.29, 1.82) is 0 Å². The molecule has 2 bridgehead atoms. The van der Waals surface area contributed by atoms with Crippen LogP contribution in [0, 0.1) is 17.3 Å². The van der Waals surface area contributed by atoms with Crippen LogP contribution in [-0.2, 0) is 10.4 Å². The van der Waals surface area contributed by atoms with Crippen molar-refractivity contribution < 1.29 is 14.3 Å². The van der Waals surface area contributed by atoms with Crippen LogP contribution in [0.5, 0.6) is 11.5 Å². The molecular formula is C27H34N2O3. The quantitative estimate of drug-likeness (QED) is 0.660. The van der Waals surface area contributed by atoms with E-state index in [1.807, 2.05) is 12.1 Å². The summed E-state index contributed by atoms with van der Waals surface area (Å²) >= 11 is 0. The van der Waals surface area contributed by atoms with Gasteiger partial charge in [-0.1, -0.05) is 26.0 Å². The summed E-state index contributed by atoms with van der Waals surface area (Å²) in [5.74, 6) is 3.29. The Labute approximate surface area is 191 Å². The molecule has 5 heteroatoms. The monoisotopic (exact) mass is 434 g/mol. The molecule has 3 aliphatic carbocycles. The average Bonchev–Trinajstić information content (AvgIpc) is 3.31. The van der Waals surface area contributed by atoms with Gasteiger partial charge in [-0.25, -0.2) is 0 Å². The standard InChI is InChI=1S/C27H34N2O3/c1-25(2)20-13-14-27(24(25)15-20)16-26(19-5-9-22(30-3)10-6-19)17-28(18-29(26)32-27)21-7-11-23(31-4)12-8-21/h5-12,20,24H,13-18H2,1-4H3/t20-,24-,26-,27-/m0/s1. The fourth-order valence-electron chi connectivity index (χ4n) is 7.26. The number of methoxy groups -OCH3 is 2. The second-order valence-corrected chi connectivity index (χ2v) is 10.9. The molecule has 3 saturated carbocycles. The zero-order valence-corrected chi connectivity index (χ0v) is 19.6. The van der Waals surface area contributed by atoms with Crippen LogP contribution in [0.25, 0.3) is 0 Å². The van der Waals surface area contributed by atoms with Crippen LogP contribution in [0.4, 0.5) is 5.69 Å². The largest absolute Gasteiger partial charge is 0.497 e. The van der Waals surface area contributed by atoms with Crippen LogP contribution in [0.3, 0.4) is 0 Å². The van der Waals surface area contributed by atoms with Crippen LogP contribution in [0.1, 0.15) is 45.1 Å². The van der Waals surface area contributed by atoms with Crippen molar-refractivity contribution in [2.45, 2.75) is 50.7 Å². The van der Waals surface area contributed by atoms with Gasteiger partial charge >= 0.3 is 0 Å². The van der Waals surface area contributed by atoms with E-state index in [9.17, 15) is 0 Å². The van der Waals surface area contributed by atoms with Gasteiger partial charge in [0, 0.05) is 18.7 Å². The third-order valence-electron chi connectivity index (χ3n) is 9.20. The van der Waals surface area contributed by atoms with E-state index in [0.29, 0.717) is 11.3 Å². The zero-order valence-electron chi connectivity index (χ0n) is 19.6. The molecular weight excluding hydrogens is 400 g/mol. The maximum absolute atomic E-state index is 7.05. The molecule has 1 spiro atoms. The third-order valence-corrected chi connectivity index (χ3v) is 9.20. The Bertz CT molecular complexity index is 1000. The van der Waals surface area contributed by atoms with E-state index in [2.05, 4.69) is 60.2 Å². The normalized spacial score (nSPS) is 34.9. The molecule has 2 aliphatic heterocycles. The van der Waals surface area contributed by atoms with Crippen LogP contribution in [0.15, 0.2) is 48.5 Å². The fraction of sp³-hybridized carbons (Fsp3) is 0.556. The van der Waals surface area contributed by atoms with Crippen molar-refractivity contribution in [2.24, 2.45) is 17.3 Å². The van der Waals surface area contributed by atoms with E-state index in [1.165, 1.54) is 30.5 Å². The van der Waals surface area contributed by atoms with Gasteiger partial charge in [0.15, 0.2) is 0 Å². The highest BCUT2D eigenvalue weighted by molar-refractivity contribution is 5.52. The Morgan fingerprint density at radius 3 is 2.19 bits per heavy atom. The van der Waals surface area contributed by atoms with Gasteiger partial charge in [0.2, 0.25) is 0 Å². The number of hydrogen-bond acceptors (Lipinski definition) is 5. The molecule has 5 nitrogen and oxygen atoms in total. The van der Waals surface area contributed by atoms with Crippen LogP contribution < -0.4 is 14.4 Å². The molecule has 5 fully saturated rings. The lowest BCUT2D eigenvalue weighted by atomic mass is 9.43. The first kappa shape index (κ1) is 20.4. The molecule has 5 aliphatic rings. The Hall–Kier alpha value is -2.24. The first-order chi connectivity index (χ1) is 15.4. The van der Waals surface area contributed by atoms with E-state index >= 15 is 0 Å². The second-order valence-electron chi connectivity index (χ2n) is 10.9. The van der Waals surface area contributed by atoms with Gasteiger partial charge in [-0.15, -0.1) is 0 Å². The minimum absolute atomic E-state index is 0.0375. The fourth-order valence-corrected chi connectivity index (χ4v) is 7.26. The van der Waals surface area contributed by atoms with Crippen molar-refractivity contribution in [3.05, 3.63) is 54.1 Å². The lowest BCUT2D eigenvalue weighted by Gasteiger charge is -2.63. The molecule has 2 aromatic carbocycles. The van der Waals surface area contributed by atoms with Crippen molar-refractivity contribution in [1.82, 2.24) is 5.06 Å². The van der Waals surface area contributed by atoms with E-state index in [0.717, 1.165) is 37.1 Å². The van der Waals surface area contributed by atoms with Crippen molar-refractivity contribution in [2.75, 3.05) is 32.3 Å². The number of fused-ring (bicyclic) bond motifs is 2. The topological polar surface area (TPSA) is 34.2 Å². The number of ether oxygens (including phenoxy) is 2. The Balaban J connectivity index is 1.37. The Morgan fingerprint density at radius 2 is 1.59 bits per heavy atom. The molecule has 0 N–H and O–H groups in total. The molecule has 170 valence electrons. The lowest BCUT2D eigenvalue weighted by molar-refractivity contribution is -0.285. The SMILES string of the molecule is COc1ccc(N2CN3O[C@@]4(CC[C@H]5C[C@H]4C5(C)C)C[C@@]3(c3ccc(OC)cc3)C2)cc1. The van der Waals surface area contributed by atoms with Gasteiger partial charge in [-0.05, 0) is 78.5 Å². The molecule has 0 radical (unpaired) electrons. The summed E-state index contributed by atoms with van der Waals surface area (Å²) in [5, 5.41) is 2.31. The number of benzene rings is 2. The molecule has 0 amide bonds. The summed E-state index contributed by atoms with van der Waals surface area (Å²) in [4.78, 5) is 9.48. The highest BCUT2D eigenvalue weighted by atomic mass is 16.7. The van der Waals surface area contributed by atoms with Crippen LogP contribution in [-0.4, -0.2) is 38.1 Å². The highest BCUT2D eigenvalue weighted by Gasteiger charge is 2.69. The first-order valence-corrected chi connectivity index (χ1v) is 11.9. The Kier molecular flexibility index (Phi) is 4.38. The van der Waals surface area contributed by atoms with Gasteiger partial charge in [0.25, 0.3) is 0 Å². The van der Waals surface area contributed by atoms with E-state index in [1.54, 1.807) is 14.2 Å². The maximum atomic E-state index is 7.05. The number of hydroxylamine groups is 2. The number of hydrogen-bond donors (Lipinski definition) is 0. The number of nitrogens with zero attached hydrogens (tertiary/aromatic N) is 2. The molecule has 7 rings (SSSR count). The van der Waals surface area contributed by atoms with E-state index < -0.39 is 0 Å². The minimum Gasteiger partial charge on any atom is -0.497 e. The molecule has 2 saturated heterocycles. The van der Waals surface area contributed by atoms with Crippen LogP contribution in [0.2, 0.25) is 0 Å². The van der Waals surface area contributed by atoms with Gasteiger partial charge in [-0.3, -0.25) is 4.84 Å². The highest BCUT2D eigenvalue weighted by Crippen LogP contribution is 2.68. The van der Waals surface area contributed by atoms with Crippen molar-refractivity contribution in [3.8, 4) is 11.5 Å². The predicted octanol–water partition coefficient (Wildman–Crippen LogP) is 5.21. The average molecular weight is 435 g/mol.